The lowest BCUT2D eigenvalue weighted by molar-refractivity contribution is 0.630. The van der Waals surface area contributed by atoms with Gasteiger partial charge in [0.05, 0.1) is 0 Å². The minimum atomic E-state index is -0.236. The van der Waals surface area contributed by atoms with Crippen molar-refractivity contribution in [1.29, 1.82) is 0 Å². The maximum Gasteiger partial charge on any atom is 0.132 e. The van der Waals surface area contributed by atoms with E-state index in [9.17, 15) is 4.39 Å². The molecule has 0 aromatic heterocycles. The van der Waals surface area contributed by atoms with Crippen LogP contribution in [-0.2, 0) is 12.8 Å². The second-order valence-corrected chi connectivity index (χ2v) is 8.17. The summed E-state index contributed by atoms with van der Waals surface area (Å²) < 4.78 is 15.8. The molecule has 0 N–H and O–H groups in total. The van der Waals surface area contributed by atoms with Gasteiger partial charge in [-0.2, -0.15) is 0 Å². The van der Waals surface area contributed by atoms with Gasteiger partial charge in [0, 0.05) is 21.2 Å². The van der Waals surface area contributed by atoms with E-state index in [0.29, 0.717) is 11.1 Å². The van der Waals surface area contributed by atoms with Crippen LogP contribution in [0.25, 0.3) is 11.1 Å². The summed E-state index contributed by atoms with van der Waals surface area (Å²) in [5.41, 5.74) is 5.67. The summed E-state index contributed by atoms with van der Waals surface area (Å²) in [6.45, 7) is 4.30. The van der Waals surface area contributed by atoms with Gasteiger partial charge in [0.2, 0.25) is 0 Å². The molecule has 0 aliphatic rings. The van der Waals surface area contributed by atoms with E-state index in [1.165, 1.54) is 30.9 Å². The van der Waals surface area contributed by atoms with Crippen LogP contribution in [0.1, 0.15) is 55.4 Å². The Morgan fingerprint density at radius 2 is 1.48 bits per heavy atom. The molecule has 0 aliphatic carbocycles. The second-order valence-electron chi connectivity index (χ2n) is 7.25. The van der Waals surface area contributed by atoms with E-state index in [1.54, 1.807) is 0 Å². The number of halogens is 2. The van der Waals surface area contributed by atoms with Gasteiger partial charge in [0.15, 0.2) is 0 Å². The normalized spacial score (nSPS) is 10.5. The van der Waals surface area contributed by atoms with Crippen LogP contribution in [0.15, 0.2) is 65.1 Å². The molecule has 0 aliphatic heterocycles. The molecule has 0 radical (unpaired) electrons. The van der Waals surface area contributed by atoms with Crippen LogP contribution >= 0.6 is 15.9 Å². The number of benzene rings is 3. The first-order valence-electron chi connectivity index (χ1n) is 10.3. The highest BCUT2D eigenvalue weighted by atomic mass is 79.9. The summed E-state index contributed by atoms with van der Waals surface area (Å²) in [6.07, 6.45) is 5.70. The van der Waals surface area contributed by atoms with Crippen molar-refractivity contribution in [1.82, 2.24) is 0 Å². The monoisotopic (exact) mass is 448 g/mol. The van der Waals surface area contributed by atoms with Crippen molar-refractivity contribution in [3.63, 3.8) is 0 Å². The topological polar surface area (TPSA) is 0 Å². The van der Waals surface area contributed by atoms with Gasteiger partial charge in [-0.15, -0.1) is 0 Å². The molecular weight excluding hydrogens is 423 g/mol. The summed E-state index contributed by atoms with van der Waals surface area (Å²) in [7, 11) is 0. The van der Waals surface area contributed by atoms with Gasteiger partial charge in [-0.25, -0.2) is 4.39 Å². The largest absolute Gasteiger partial charge is 0.206 e. The third kappa shape index (κ3) is 5.81. The molecule has 0 unspecified atom stereocenters. The Bertz CT molecular complexity index is 1020. The fourth-order valence-electron chi connectivity index (χ4n) is 3.41. The summed E-state index contributed by atoms with van der Waals surface area (Å²) in [4.78, 5) is 0. The van der Waals surface area contributed by atoms with E-state index >= 15 is 0 Å². The Labute approximate surface area is 182 Å². The van der Waals surface area contributed by atoms with Crippen molar-refractivity contribution in [2.75, 3.05) is 0 Å². The summed E-state index contributed by atoms with van der Waals surface area (Å²) in [5.74, 6) is 6.01. The summed E-state index contributed by atoms with van der Waals surface area (Å²) in [5, 5.41) is 0. The standard InChI is InChI=1S/C27H26BrF/c1-3-5-6-7-20-8-10-21(11-9-20)12-13-22-14-16-26(27(29)18-22)25-17-15-24(28)19-23(25)4-2/h8-11,14-19H,3-7H2,1-2H3. The van der Waals surface area contributed by atoms with Crippen LogP contribution in [0.5, 0.6) is 0 Å². The number of unbranched alkanes of at least 4 members (excludes halogenated alkanes) is 2. The molecule has 3 rings (SSSR count). The molecule has 0 amide bonds. The summed E-state index contributed by atoms with van der Waals surface area (Å²) >= 11 is 3.49. The van der Waals surface area contributed by atoms with Crippen LogP contribution in [0.2, 0.25) is 0 Å². The molecule has 0 spiro atoms. The highest BCUT2D eigenvalue weighted by molar-refractivity contribution is 9.10. The predicted molar refractivity (Wildman–Crippen MR) is 125 cm³/mol. The Balaban J connectivity index is 1.77. The third-order valence-corrected chi connectivity index (χ3v) is 5.57. The molecular formula is C27H26BrF. The molecule has 0 saturated carbocycles. The molecule has 0 fully saturated rings. The fraction of sp³-hybridized carbons (Fsp3) is 0.259. The molecule has 0 nitrogen and oxygen atoms in total. The number of aryl methyl sites for hydroxylation is 2. The number of hydrogen-bond donors (Lipinski definition) is 0. The SMILES string of the molecule is CCCCCc1ccc(C#Cc2ccc(-c3ccc(Br)cc3CC)c(F)c2)cc1. The van der Waals surface area contributed by atoms with E-state index in [4.69, 9.17) is 0 Å². The minimum absolute atomic E-state index is 0.236. The Morgan fingerprint density at radius 1 is 0.793 bits per heavy atom. The number of rotatable bonds is 6. The Kier molecular flexibility index (Phi) is 7.67. The zero-order valence-electron chi connectivity index (χ0n) is 17.1. The Morgan fingerprint density at radius 3 is 2.17 bits per heavy atom. The first kappa shape index (κ1) is 21.3. The van der Waals surface area contributed by atoms with E-state index in [-0.39, 0.29) is 5.82 Å². The van der Waals surface area contributed by atoms with Gasteiger partial charge in [0.1, 0.15) is 5.82 Å². The van der Waals surface area contributed by atoms with Crippen molar-refractivity contribution < 1.29 is 4.39 Å². The summed E-state index contributed by atoms with van der Waals surface area (Å²) in [6, 6.07) is 19.6. The average molecular weight is 449 g/mol. The van der Waals surface area contributed by atoms with Crippen molar-refractivity contribution in [2.45, 2.75) is 46.0 Å². The first-order chi connectivity index (χ1) is 14.1. The molecule has 0 heterocycles. The van der Waals surface area contributed by atoms with E-state index in [1.807, 2.05) is 36.4 Å². The quantitative estimate of drug-likeness (QED) is 0.265. The van der Waals surface area contributed by atoms with Crippen LogP contribution in [0.3, 0.4) is 0 Å². The molecule has 0 saturated heterocycles. The van der Waals surface area contributed by atoms with Gasteiger partial charge >= 0.3 is 0 Å². The molecule has 0 bridgehead atoms. The predicted octanol–water partition coefficient (Wildman–Crippen LogP) is 7.95. The van der Waals surface area contributed by atoms with Gasteiger partial charge in [-0.1, -0.05) is 78.7 Å². The second kappa shape index (κ2) is 10.4. The first-order valence-corrected chi connectivity index (χ1v) is 11.1. The number of hydrogen-bond acceptors (Lipinski definition) is 0. The van der Waals surface area contributed by atoms with Crippen molar-refractivity contribution >= 4 is 15.9 Å². The lowest BCUT2D eigenvalue weighted by Gasteiger charge is -2.10. The fourth-order valence-corrected chi connectivity index (χ4v) is 3.82. The van der Waals surface area contributed by atoms with E-state index in [0.717, 1.165) is 34.0 Å². The van der Waals surface area contributed by atoms with E-state index in [2.05, 4.69) is 59.8 Å². The lowest BCUT2D eigenvalue weighted by Crippen LogP contribution is -1.92. The zero-order chi connectivity index (χ0) is 20.6. The highest BCUT2D eigenvalue weighted by Gasteiger charge is 2.10. The molecule has 148 valence electrons. The minimum Gasteiger partial charge on any atom is -0.206 e. The van der Waals surface area contributed by atoms with Crippen LogP contribution in [-0.4, -0.2) is 0 Å². The maximum absolute atomic E-state index is 14.8. The van der Waals surface area contributed by atoms with Crippen LogP contribution in [0, 0.1) is 17.7 Å². The molecule has 2 heteroatoms. The van der Waals surface area contributed by atoms with Crippen LogP contribution in [0.4, 0.5) is 4.39 Å². The third-order valence-electron chi connectivity index (χ3n) is 5.08. The van der Waals surface area contributed by atoms with Gasteiger partial charge in [0.25, 0.3) is 0 Å². The molecule has 3 aromatic rings. The van der Waals surface area contributed by atoms with Crippen molar-refractivity contribution in [2.24, 2.45) is 0 Å². The molecule has 0 atom stereocenters. The van der Waals surface area contributed by atoms with Crippen LogP contribution < -0.4 is 0 Å². The van der Waals surface area contributed by atoms with Crippen molar-refractivity contribution in [3.8, 4) is 23.0 Å². The maximum atomic E-state index is 14.8. The molecule has 29 heavy (non-hydrogen) atoms. The smallest absolute Gasteiger partial charge is 0.132 e. The van der Waals surface area contributed by atoms with Gasteiger partial charge in [-0.3, -0.25) is 0 Å². The zero-order valence-corrected chi connectivity index (χ0v) is 18.7. The highest BCUT2D eigenvalue weighted by Crippen LogP contribution is 2.29. The average Bonchev–Trinajstić information content (AvgIpc) is 2.73. The lowest BCUT2D eigenvalue weighted by atomic mass is 9.97. The van der Waals surface area contributed by atoms with Gasteiger partial charge < -0.3 is 0 Å². The van der Waals surface area contributed by atoms with Crippen molar-refractivity contribution in [3.05, 3.63) is 93.2 Å². The Hall–Kier alpha value is -2.37. The molecule has 3 aromatic carbocycles. The van der Waals surface area contributed by atoms with Gasteiger partial charge in [-0.05, 0) is 72.4 Å². The van der Waals surface area contributed by atoms with E-state index < -0.39 is 0 Å².